The zero-order valence-electron chi connectivity index (χ0n) is 17.5. The molecule has 0 saturated heterocycles. The zero-order valence-corrected chi connectivity index (χ0v) is 20.6. The molecule has 0 aliphatic carbocycles. The summed E-state index contributed by atoms with van der Waals surface area (Å²) in [7, 11) is 3.74. The van der Waals surface area contributed by atoms with Gasteiger partial charge < -0.3 is 20.1 Å². The fourth-order valence-electron chi connectivity index (χ4n) is 3.35. The van der Waals surface area contributed by atoms with Crippen molar-refractivity contribution >= 4 is 41.5 Å². The maximum Gasteiger partial charge on any atom is 0.191 e. The maximum absolute atomic E-state index is 6.32. The number of rotatable bonds is 5. The Morgan fingerprint density at radius 1 is 1.31 bits per heavy atom. The van der Waals surface area contributed by atoms with Gasteiger partial charge in [-0.25, -0.2) is 0 Å². The number of aromatic nitrogens is 2. The Bertz CT molecular complexity index is 884. The van der Waals surface area contributed by atoms with E-state index in [1.807, 2.05) is 30.8 Å². The number of fused-ring (bicyclic) bond motifs is 1. The highest BCUT2D eigenvalue weighted by Crippen LogP contribution is 2.38. The number of hydrogen-bond acceptors (Lipinski definition) is 4. The van der Waals surface area contributed by atoms with Gasteiger partial charge in [0.1, 0.15) is 13.2 Å². The highest BCUT2D eigenvalue weighted by atomic mass is 127. The summed E-state index contributed by atoms with van der Waals surface area (Å²) >= 11 is 6.32. The fourth-order valence-corrected chi connectivity index (χ4v) is 3.64. The fraction of sp³-hybridized carbons (Fsp3) is 0.500. The number of aryl methyl sites for hydroxylation is 2. The highest BCUT2D eigenvalue weighted by molar-refractivity contribution is 14.0. The summed E-state index contributed by atoms with van der Waals surface area (Å²) in [5, 5.41) is 11.8. The molecule has 29 heavy (non-hydrogen) atoms. The summed E-state index contributed by atoms with van der Waals surface area (Å²) in [6, 6.07) is 4.05. The lowest BCUT2D eigenvalue weighted by Gasteiger charge is -2.21. The Hall–Kier alpha value is -1.68. The van der Waals surface area contributed by atoms with Crippen molar-refractivity contribution in [1.82, 2.24) is 20.4 Å². The van der Waals surface area contributed by atoms with Crippen LogP contribution in [-0.2, 0) is 20.0 Å². The van der Waals surface area contributed by atoms with E-state index in [1.165, 1.54) is 11.3 Å². The normalized spacial score (nSPS) is 14.2. The number of aliphatic imine (C=N–C) groups is 1. The van der Waals surface area contributed by atoms with Crippen LogP contribution in [0.2, 0.25) is 5.02 Å². The molecule has 0 bridgehead atoms. The quantitative estimate of drug-likeness (QED) is 0.350. The van der Waals surface area contributed by atoms with Crippen molar-refractivity contribution < 1.29 is 9.47 Å². The van der Waals surface area contributed by atoms with E-state index in [1.54, 1.807) is 7.05 Å². The number of guanidine groups is 1. The van der Waals surface area contributed by atoms with Crippen LogP contribution >= 0.6 is 35.6 Å². The van der Waals surface area contributed by atoms with Gasteiger partial charge in [-0.3, -0.25) is 9.67 Å². The van der Waals surface area contributed by atoms with Crippen molar-refractivity contribution in [3.8, 4) is 11.5 Å². The second-order valence-electron chi connectivity index (χ2n) is 7.05. The van der Waals surface area contributed by atoms with Crippen molar-refractivity contribution in [3.63, 3.8) is 0 Å². The maximum atomic E-state index is 6.32. The van der Waals surface area contributed by atoms with Crippen LogP contribution in [0.4, 0.5) is 0 Å². The van der Waals surface area contributed by atoms with Crippen LogP contribution in [0.1, 0.15) is 29.4 Å². The van der Waals surface area contributed by atoms with Crippen LogP contribution in [-0.4, -0.2) is 42.0 Å². The first-order valence-corrected chi connectivity index (χ1v) is 9.81. The summed E-state index contributed by atoms with van der Waals surface area (Å²) in [6.07, 6.45) is 0.877. The largest absolute Gasteiger partial charge is 0.486 e. The number of nitrogens with zero attached hydrogens (tertiary/aromatic N) is 3. The van der Waals surface area contributed by atoms with Crippen molar-refractivity contribution in [2.75, 3.05) is 20.3 Å². The minimum Gasteiger partial charge on any atom is -0.486 e. The molecule has 0 saturated carbocycles. The molecule has 1 aromatic carbocycles. The van der Waals surface area contributed by atoms with E-state index in [-0.39, 0.29) is 30.0 Å². The Morgan fingerprint density at radius 3 is 2.69 bits per heavy atom. The average molecular weight is 534 g/mol. The van der Waals surface area contributed by atoms with Gasteiger partial charge in [-0.2, -0.15) is 5.10 Å². The van der Waals surface area contributed by atoms with E-state index in [2.05, 4.69) is 34.6 Å². The number of benzene rings is 1. The standard InChI is InChI=1S/C20H28ClN5O2.HI/c1-12(8-16-13(2)25-26(5)14(16)3)24-20(22-4)23-11-15-9-17(21)19-18(10-15)27-6-7-28-19;/h9-10,12H,6-8,11H2,1-5H3,(H2,22,23,24);1H. The number of nitrogens with one attached hydrogen (secondary N) is 2. The topological polar surface area (TPSA) is 72.7 Å². The minimum absolute atomic E-state index is 0. The molecule has 1 aliphatic heterocycles. The molecule has 2 aromatic rings. The Kier molecular flexibility index (Phi) is 8.45. The molecule has 9 heteroatoms. The first kappa shape index (κ1) is 23.6. The van der Waals surface area contributed by atoms with Crippen LogP contribution in [0, 0.1) is 13.8 Å². The molecule has 7 nitrogen and oxygen atoms in total. The summed E-state index contributed by atoms with van der Waals surface area (Å²) in [6.45, 7) is 7.92. The van der Waals surface area contributed by atoms with Crippen LogP contribution in [0.15, 0.2) is 17.1 Å². The van der Waals surface area contributed by atoms with Crippen molar-refractivity contribution in [1.29, 1.82) is 0 Å². The van der Waals surface area contributed by atoms with Crippen LogP contribution in [0.25, 0.3) is 0 Å². The van der Waals surface area contributed by atoms with E-state index in [0.29, 0.717) is 36.3 Å². The van der Waals surface area contributed by atoms with E-state index < -0.39 is 0 Å². The molecule has 1 atom stereocenters. The van der Waals surface area contributed by atoms with Gasteiger partial charge in [-0.15, -0.1) is 24.0 Å². The second-order valence-corrected chi connectivity index (χ2v) is 7.46. The van der Waals surface area contributed by atoms with Crippen LogP contribution in [0.3, 0.4) is 0 Å². The third-order valence-electron chi connectivity index (χ3n) is 4.89. The van der Waals surface area contributed by atoms with Gasteiger partial charge in [0.05, 0.1) is 10.7 Å². The third kappa shape index (κ3) is 5.69. The van der Waals surface area contributed by atoms with Gasteiger partial charge in [-0.1, -0.05) is 11.6 Å². The number of ether oxygens (including phenoxy) is 2. The molecule has 1 unspecified atom stereocenters. The lowest BCUT2D eigenvalue weighted by atomic mass is 10.1. The lowest BCUT2D eigenvalue weighted by Crippen LogP contribution is -2.42. The summed E-state index contributed by atoms with van der Waals surface area (Å²) in [5.74, 6) is 2.04. The van der Waals surface area contributed by atoms with E-state index in [0.717, 1.165) is 23.6 Å². The second kappa shape index (κ2) is 10.4. The first-order valence-electron chi connectivity index (χ1n) is 9.43. The summed E-state index contributed by atoms with van der Waals surface area (Å²) in [4.78, 5) is 4.33. The van der Waals surface area contributed by atoms with Crippen molar-refractivity contribution in [2.45, 2.75) is 39.8 Å². The van der Waals surface area contributed by atoms with Crippen LogP contribution < -0.4 is 20.1 Å². The zero-order chi connectivity index (χ0) is 20.3. The molecule has 3 rings (SSSR count). The Morgan fingerprint density at radius 2 is 2.03 bits per heavy atom. The molecule has 0 spiro atoms. The van der Waals surface area contributed by atoms with E-state index in [4.69, 9.17) is 21.1 Å². The lowest BCUT2D eigenvalue weighted by molar-refractivity contribution is 0.171. The summed E-state index contributed by atoms with van der Waals surface area (Å²) in [5.41, 5.74) is 4.54. The average Bonchev–Trinajstić information content (AvgIpc) is 2.91. The molecule has 1 aliphatic rings. The molecule has 160 valence electrons. The highest BCUT2D eigenvalue weighted by Gasteiger charge is 2.17. The van der Waals surface area contributed by atoms with Gasteiger partial charge in [0.2, 0.25) is 0 Å². The van der Waals surface area contributed by atoms with Gasteiger partial charge in [0, 0.05) is 32.4 Å². The minimum atomic E-state index is 0. The van der Waals surface area contributed by atoms with Crippen LogP contribution in [0.5, 0.6) is 11.5 Å². The van der Waals surface area contributed by atoms with Gasteiger partial charge in [-0.05, 0) is 50.5 Å². The molecule has 0 amide bonds. The predicted octanol–water partition coefficient (Wildman–Crippen LogP) is 3.38. The molecule has 2 heterocycles. The number of halogens is 2. The molecular weight excluding hydrogens is 505 g/mol. The first-order chi connectivity index (χ1) is 13.4. The number of hydrogen-bond donors (Lipinski definition) is 2. The summed E-state index contributed by atoms with van der Waals surface area (Å²) < 4.78 is 13.1. The van der Waals surface area contributed by atoms with Gasteiger partial charge in [0.25, 0.3) is 0 Å². The monoisotopic (exact) mass is 533 g/mol. The SMILES string of the molecule is CN=C(NCc1cc(Cl)c2c(c1)OCCO2)NC(C)Cc1c(C)nn(C)c1C.I. The van der Waals surface area contributed by atoms with Gasteiger partial charge in [0.15, 0.2) is 17.5 Å². The Labute approximate surface area is 194 Å². The molecule has 0 fully saturated rings. The molecular formula is C20H29ClIN5O2. The molecule has 1 aromatic heterocycles. The van der Waals surface area contributed by atoms with E-state index in [9.17, 15) is 0 Å². The Balaban J connectivity index is 0.00000300. The smallest absolute Gasteiger partial charge is 0.191 e. The molecule has 0 radical (unpaired) electrons. The third-order valence-corrected chi connectivity index (χ3v) is 5.17. The predicted molar refractivity (Wildman–Crippen MR) is 127 cm³/mol. The molecule has 2 N–H and O–H groups in total. The van der Waals surface area contributed by atoms with Gasteiger partial charge >= 0.3 is 0 Å². The van der Waals surface area contributed by atoms with E-state index >= 15 is 0 Å². The van der Waals surface area contributed by atoms with Crippen molar-refractivity contribution in [2.24, 2.45) is 12.0 Å². The van der Waals surface area contributed by atoms with Crippen molar-refractivity contribution in [3.05, 3.63) is 39.7 Å².